The van der Waals surface area contributed by atoms with Crippen molar-refractivity contribution in [3.63, 3.8) is 0 Å². The predicted molar refractivity (Wildman–Crippen MR) is 75.7 cm³/mol. The number of aldehydes is 1. The molecule has 1 aromatic rings. The molecule has 0 saturated heterocycles. The largest absolute Gasteiger partial charge is 0.496 e. The summed E-state index contributed by atoms with van der Waals surface area (Å²) >= 11 is 0. The standard InChI is InChI=1S/C15H18O6/c1-18-13-6-7-14(19-2)12(11(13)9-16)10-21-8-4-5-15(17)20-3/h4-7,9H,8,10H2,1-3H3/b5-4+. The second-order valence-electron chi connectivity index (χ2n) is 3.92. The van der Waals surface area contributed by atoms with E-state index in [1.165, 1.54) is 33.5 Å². The highest BCUT2D eigenvalue weighted by Crippen LogP contribution is 2.29. The van der Waals surface area contributed by atoms with Crippen molar-refractivity contribution in [3.8, 4) is 11.5 Å². The Kier molecular flexibility index (Phi) is 6.97. The fraction of sp³-hybridized carbons (Fsp3) is 0.333. The molecule has 0 saturated carbocycles. The molecular weight excluding hydrogens is 276 g/mol. The van der Waals surface area contributed by atoms with E-state index >= 15 is 0 Å². The lowest BCUT2D eigenvalue weighted by atomic mass is 10.1. The Bertz CT molecular complexity index is 521. The van der Waals surface area contributed by atoms with Crippen LogP contribution in [0.25, 0.3) is 0 Å². The van der Waals surface area contributed by atoms with Crippen LogP contribution in [0, 0.1) is 0 Å². The molecule has 0 amide bonds. The normalized spacial score (nSPS) is 10.4. The second-order valence-corrected chi connectivity index (χ2v) is 3.92. The summed E-state index contributed by atoms with van der Waals surface area (Å²) in [6.45, 7) is 0.355. The van der Waals surface area contributed by atoms with E-state index in [2.05, 4.69) is 4.74 Å². The molecule has 0 N–H and O–H groups in total. The van der Waals surface area contributed by atoms with Gasteiger partial charge in [-0.3, -0.25) is 4.79 Å². The monoisotopic (exact) mass is 294 g/mol. The molecule has 0 aliphatic carbocycles. The van der Waals surface area contributed by atoms with Crippen molar-refractivity contribution >= 4 is 12.3 Å². The Morgan fingerprint density at radius 1 is 1.14 bits per heavy atom. The van der Waals surface area contributed by atoms with Crippen LogP contribution < -0.4 is 9.47 Å². The van der Waals surface area contributed by atoms with Crippen LogP contribution in [-0.2, 0) is 20.9 Å². The van der Waals surface area contributed by atoms with E-state index in [0.717, 1.165) is 0 Å². The highest BCUT2D eigenvalue weighted by atomic mass is 16.5. The number of carbonyl (C=O) groups is 2. The molecule has 0 aliphatic heterocycles. The number of hydrogen-bond acceptors (Lipinski definition) is 6. The summed E-state index contributed by atoms with van der Waals surface area (Å²) in [6, 6.07) is 3.36. The van der Waals surface area contributed by atoms with Gasteiger partial charge in [0.1, 0.15) is 11.5 Å². The van der Waals surface area contributed by atoms with Crippen LogP contribution in [0.15, 0.2) is 24.3 Å². The molecule has 0 unspecified atom stereocenters. The Morgan fingerprint density at radius 2 is 1.81 bits per heavy atom. The smallest absolute Gasteiger partial charge is 0.330 e. The first-order chi connectivity index (χ1) is 10.2. The summed E-state index contributed by atoms with van der Waals surface area (Å²) in [4.78, 5) is 22.1. The van der Waals surface area contributed by atoms with Gasteiger partial charge in [-0.1, -0.05) is 6.08 Å². The first kappa shape index (κ1) is 16.7. The van der Waals surface area contributed by atoms with Crippen LogP contribution in [-0.4, -0.2) is 40.2 Å². The first-order valence-corrected chi connectivity index (χ1v) is 6.19. The summed E-state index contributed by atoms with van der Waals surface area (Å²) in [7, 11) is 4.29. The second kappa shape index (κ2) is 8.76. The molecule has 6 heteroatoms. The van der Waals surface area contributed by atoms with Crippen molar-refractivity contribution < 1.29 is 28.5 Å². The number of benzene rings is 1. The van der Waals surface area contributed by atoms with Crippen LogP contribution in [0.5, 0.6) is 11.5 Å². The Morgan fingerprint density at radius 3 is 2.38 bits per heavy atom. The molecule has 1 rings (SSSR count). The third-order valence-corrected chi connectivity index (χ3v) is 2.75. The van der Waals surface area contributed by atoms with E-state index in [4.69, 9.17) is 14.2 Å². The van der Waals surface area contributed by atoms with Gasteiger partial charge in [-0.15, -0.1) is 0 Å². The number of carbonyl (C=O) groups excluding carboxylic acids is 2. The van der Waals surface area contributed by atoms with Crippen LogP contribution in [0.2, 0.25) is 0 Å². The van der Waals surface area contributed by atoms with Crippen LogP contribution in [0.3, 0.4) is 0 Å². The van der Waals surface area contributed by atoms with Gasteiger partial charge in [0, 0.05) is 11.6 Å². The Balaban J connectivity index is 2.79. The van der Waals surface area contributed by atoms with Gasteiger partial charge in [0.15, 0.2) is 6.29 Å². The summed E-state index contributed by atoms with van der Waals surface area (Å²) in [5.41, 5.74) is 0.979. The maximum atomic E-state index is 11.2. The third kappa shape index (κ3) is 4.61. The molecule has 0 atom stereocenters. The van der Waals surface area contributed by atoms with E-state index < -0.39 is 5.97 Å². The number of methoxy groups -OCH3 is 3. The molecular formula is C15H18O6. The van der Waals surface area contributed by atoms with Gasteiger partial charge in [-0.25, -0.2) is 4.79 Å². The summed E-state index contributed by atoms with van der Waals surface area (Å²) in [5, 5.41) is 0. The van der Waals surface area contributed by atoms with Crippen molar-refractivity contribution in [2.75, 3.05) is 27.9 Å². The van der Waals surface area contributed by atoms with Gasteiger partial charge in [0.25, 0.3) is 0 Å². The van der Waals surface area contributed by atoms with E-state index in [9.17, 15) is 9.59 Å². The molecule has 114 valence electrons. The molecule has 1 aromatic carbocycles. The Hall–Kier alpha value is -2.34. The number of hydrogen-bond donors (Lipinski definition) is 0. The lowest BCUT2D eigenvalue weighted by molar-refractivity contribution is -0.134. The zero-order valence-corrected chi connectivity index (χ0v) is 12.3. The minimum Gasteiger partial charge on any atom is -0.496 e. The van der Waals surface area contributed by atoms with Gasteiger partial charge < -0.3 is 18.9 Å². The molecule has 0 aromatic heterocycles. The lowest BCUT2D eigenvalue weighted by Gasteiger charge is -2.13. The molecule has 0 heterocycles. The first-order valence-electron chi connectivity index (χ1n) is 6.19. The van der Waals surface area contributed by atoms with Crippen molar-refractivity contribution in [1.82, 2.24) is 0 Å². The average molecular weight is 294 g/mol. The van der Waals surface area contributed by atoms with E-state index in [-0.39, 0.29) is 13.2 Å². The van der Waals surface area contributed by atoms with Crippen molar-refractivity contribution in [1.29, 1.82) is 0 Å². The molecule has 6 nitrogen and oxygen atoms in total. The molecule has 0 bridgehead atoms. The van der Waals surface area contributed by atoms with Crippen LogP contribution >= 0.6 is 0 Å². The minimum atomic E-state index is -0.453. The zero-order chi connectivity index (χ0) is 15.7. The molecule has 0 fully saturated rings. The van der Waals surface area contributed by atoms with E-state index in [1.54, 1.807) is 12.1 Å². The number of rotatable bonds is 8. The quantitative estimate of drug-likeness (QED) is 0.315. The summed E-state index contributed by atoms with van der Waals surface area (Å²) in [6.07, 6.45) is 3.49. The molecule has 0 spiro atoms. The van der Waals surface area contributed by atoms with E-state index in [1.807, 2.05) is 0 Å². The third-order valence-electron chi connectivity index (χ3n) is 2.75. The number of ether oxygens (including phenoxy) is 4. The summed E-state index contributed by atoms with van der Waals surface area (Å²) < 4.78 is 20.2. The molecule has 0 aliphatic rings. The maximum absolute atomic E-state index is 11.2. The SMILES string of the molecule is COC(=O)/C=C/COCc1c(OC)ccc(OC)c1C=O. The molecule has 21 heavy (non-hydrogen) atoms. The predicted octanol–water partition coefficient (Wildman–Crippen LogP) is 1.76. The maximum Gasteiger partial charge on any atom is 0.330 e. The summed E-state index contributed by atoms with van der Waals surface area (Å²) in [5.74, 6) is 0.537. The molecule has 0 radical (unpaired) electrons. The fourth-order valence-corrected chi connectivity index (χ4v) is 1.71. The highest BCUT2D eigenvalue weighted by molar-refractivity contribution is 5.83. The van der Waals surface area contributed by atoms with Gasteiger partial charge in [-0.2, -0.15) is 0 Å². The zero-order valence-electron chi connectivity index (χ0n) is 12.3. The van der Waals surface area contributed by atoms with Crippen molar-refractivity contribution in [3.05, 3.63) is 35.4 Å². The van der Waals surface area contributed by atoms with Gasteiger partial charge in [0.2, 0.25) is 0 Å². The number of esters is 1. The average Bonchev–Trinajstić information content (AvgIpc) is 2.53. The fourth-order valence-electron chi connectivity index (χ4n) is 1.71. The highest BCUT2D eigenvalue weighted by Gasteiger charge is 2.14. The lowest BCUT2D eigenvalue weighted by Crippen LogP contribution is -2.04. The minimum absolute atomic E-state index is 0.153. The Labute approximate surface area is 123 Å². The van der Waals surface area contributed by atoms with E-state index in [0.29, 0.717) is 28.9 Å². The van der Waals surface area contributed by atoms with Crippen molar-refractivity contribution in [2.45, 2.75) is 6.61 Å². The van der Waals surface area contributed by atoms with Gasteiger partial charge >= 0.3 is 5.97 Å². The topological polar surface area (TPSA) is 71.1 Å². The van der Waals surface area contributed by atoms with Crippen LogP contribution in [0.1, 0.15) is 15.9 Å². The van der Waals surface area contributed by atoms with Crippen molar-refractivity contribution in [2.24, 2.45) is 0 Å². The van der Waals surface area contributed by atoms with Crippen LogP contribution in [0.4, 0.5) is 0 Å². The van der Waals surface area contributed by atoms with Gasteiger partial charge in [0.05, 0.1) is 40.1 Å². The van der Waals surface area contributed by atoms with Gasteiger partial charge in [-0.05, 0) is 12.1 Å².